The fourth-order valence-corrected chi connectivity index (χ4v) is 2.99. The van der Waals surface area contributed by atoms with Crippen molar-refractivity contribution in [1.82, 2.24) is 10.2 Å². The lowest BCUT2D eigenvalue weighted by molar-refractivity contribution is -0.126. The van der Waals surface area contributed by atoms with Gasteiger partial charge in [-0.25, -0.2) is 0 Å². The van der Waals surface area contributed by atoms with Gasteiger partial charge >= 0.3 is 0 Å². The summed E-state index contributed by atoms with van der Waals surface area (Å²) in [4.78, 5) is 26.4. The van der Waals surface area contributed by atoms with E-state index in [0.717, 1.165) is 13.0 Å². The summed E-state index contributed by atoms with van der Waals surface area (Å²) in [6, 6.07) is 7.10. The van der Waals surface area contributed by atoms with E-state index in [4.69, 9.17) is 11.6 Å². The molecule has 1 heterocycles. The fourth-order valence-electron chi connectivity index (χ4n) is 2.78. The maximum atomic E-state index is 12.5. The number of hydrogen-bond donors (Lipinski definition) is 1. The van der Waals surface area contributed by atoms with E-state index in [1.807, 2.05) is 12.1 Å². The summed E-state index contributed by atoms with van der Waals surface area (Å²) >= 11 is 6.09. The van der Waals surface area contributed by atoms with Gasteiger partial charge in [0.2, 0.25) is 5.91 Å². The lowest BCUT2D eigenvalue weighted by Crippen LogP contribution is -2.43. The van der Waals surface area contributed by atoms with Gasteiger partial charge < -0.3 is 10.2 Å². The Balaban J connectivity index is 1.83. The number of hydrogen-bond acceptors (Lipinski definition) is 2. The standard InChI is InChI=1S/C18H25ClN2O2/c1-13(2)7-10-20-17(22)14-8-11-21(12-9-14)18(23)15-5-3-4-6-16(15)19/h3-6,13-14H,7-12H2,1-2H3,(H,20,22). The summed E-state index contributed by atoms with van der Waals surface area (Å²) in [5.41, 5.74) is 0.536. The first-order valence-electron chi connectivity index (χ1n) is 8.30. The number of likely N-dealkylation sites (tertiary alicyclic amines) is 1. The highest BCUT2D eigenvalue weighted by atomic mass is 35.5. The second kappa shape index (κ2) is 8.34. The number of carbonyl (C=O) groups is 2. The topological polar surface area (TPSA) is 49.4 Å². The highest BCUT2D eigenvalue weighted by Gasteiger charge is 2.28. The van der Waals surface area contributed by atoms with E-state index in [9.17, 15) is 9.59 Å². The van der Waals surface area contributed by atoms with E-state index >= 15 is 0 Å². The van der Waals surface area contributed by atoms with Gasteiger partial charge in [-0.15, -0.1) is 0 Å². The molecule has 0 saturated carbocycles. The molecule has 0 unspecified atom stereocenters. The minimum atomic E-state index is -0.0470. The summed E-state index contributed by atoms with van der Waals surface area (Å²) in [7, 11) is 0. The lowest BCUT2D eigenvalue weighted by atomic mass is 9.95. The summed E-state index contributed by atoms with van der Waals surface area (Å²) in [5.74, 6) is 0.674. The SMILES string of the molecule is CC(C)CCNC(=O)C1CCN(C(=O)c2ccccc2Cl)CC1. The van der Waals surface area contributed by atoms with Gasteiger partial charge in [0.25, 0.3) is 5.91 Å². The molecule has 0 aromatic heterocycles. The molecule has 4 nitrogen and oxygen atoms in total. The number of nitrogens with one attached hydrogen (secondary N) is 1. The molecular formula is C18H25ClN2O2. The monoisotopic (exact) mass is 336 g/mol. The molecule has 126 valence electrons. The first-order chi connectivity index (χ1) is 11.0. The molecule has 0 atom stereocenters. The van der Waals surface area contributed by atoms with Gasteiger partial charge in [-0.05, 0) is 37.3 Å². The minimum absolute atomic E-state index is 0.0115. The molecule has 1 aliphatic heterocycles. The smallest absolute Gasteiger partial charge is 0.255 e. The zero-order valence-corrected chi connectivity index (χ0v) is 14.6. The third-order valence-corrected chi connectivity index (χ3v) is 4.61. The van der Waals surface area contributed by atoms with Crippen LogP contribution in [0.3, 0.4) is 0 Å². The van der Waals surface area contributed by atoms with Gasteiger partial charge in [0, 0.05) is 25.6 Å². The third-order valence-electron chi connectivity index (χ3n) is 4.28. The highest BCUT2D eigenvalue weighted by Crippen LogP contribution is 2.22. The van der Waals surface area contributed by atoms with E-state index in [0.29, 0.717) is 42.4 Å². The molecule has 1 saturated heterocycles. The van der Waals surface area contributed by atoms with Crippen molar-refractivity contribution in [2.24, 2.45) is 11.8 Å². The first kappa shape index (κ1) is 17.8. The Hall–Kier alpha value is -1.55. The molecule has 1 N–H and O–H groups in total. The van der Waals surface area contributed by atoms with Crippen LogP contribution in [0.2, 0.25) is 5.02 Å². The molecule has 0 aliphatic carbocycles. The van der Waals surface area contributed by atoms with Crippen LogP contribution >= 0.6 is 11.6 Å². The molecule has 1 aromatic carbocycles. The van der Waals surface area contributed by atoms with Gasteiger partial charge in [0.15, 0.2) is 0 Å². The van der Waals surface area contributed by atoms with Gasteiger partial charge in [0.05, 0.1) is 10.6 Å². The first-order valence-corrected chi connectivity index (χ1v) is 8.68. The summed E-state index contributed by atoms with van der Waals surface area (Å²) < 4.78 is 0. The van der Waals surface area contributed by atoms with Crippen molar-refractivity contribution >= 4 is 23.4 Å². The molecule has 2 rings (SSSR count). The van der Waals surface area contributed by atoms with Crippen molar-refractivity contribution in [3.63, 3.8) is 0 Å². The summed E-state index contributed by atoms with van der Waals surface area (Å²) in [6.45, 7) is 6.23. The van der Waals surface area contributed by atoms with Crippen LogP contribution in [0, 0.1) is 11.8 Å². The van der Waals surface area contributed by atoms with E-state index in [2.05, 4.69) is 19.2 Å². The quantitative estimate of drug-likeness (QED) is 0.896. The molecule has 5 heteroatoms. The Morgan fingerprint density at radius 1 is 1.26 bits per heavy atom. The van der Waals surface area contributed by atoms with E-state index in [-0.39, 0.29) is 17.7 Å². The van der Waals surface area contributed by atoms with Gasteiger partial charge in [0.1, 0.15) is 0 Å². The van der Waals surface area contributed by atoms with Crippen LogP contribution in [-0.4, -0.2) is 36.3 Å². The number of amides is 2. The largest absolute Gasteiger partial charge is 0.356 e. The Morgan fingerprint density at radius 2 is 1.91 bits per heavy atom. The van der Waals surface area contributed by atoms with Crippen molar-refractivity contribution in [2.75, 3.05) is 19.6 Å². The Bertz CT molecular complexity index is 552. The molecule has 2 amide bonds. The number of halogens is 1. The maximum Gasteiger partial charge on any atom is 0.255 e. The molecular weight excluding hydrogens is 312 g/mol. The second-order valence-corrected chi connectivity index (χ2v) is 6.93. The average molecular weight is 337 g/mol. The predicted molar refractivity (Wildman–Crippen MR) is 92.5 cm³/mol. The summed E-state index contributed by atoms with van der Waals surface area (Å²) in [5, 5.41) is 3.48. The predicted octanol–water partition coefficient (Wildman–Crippen LogP) is 3.35. The van der Waals surface area contributed by atoms with Crippen molar-refractivity contribution in [3.8, 4) is 0 Å². The van der Waals surface area contributed by atoms with Crippen molar-refractivity contribution in [2.45, 2.75) is 33.1 Å². The molecule has 23 heavy (non-hydrogen) atoms. The van der Waals surface area contributed by atoms with Crippen molar-refractivity contribution in [1.29, 1.82) is 0 Å². The van der Waals surface area contributed by atoms with Crippen LogP contribution in [-0.2, 0) is 4.79 Å². The second-order valence-electron chi connectivity index (χ2n) is 6.52. The van der Waals surface area contributed by atoms with Crippen LogP contribution in [0.4, 0.5) is 0 Å². The van der Waals surface area contributed by atoms with Crippen LogP contribution in [0.5, 0.6) is 0 Å². The van der Waals surface area contributed by atoms with Gasteiger partial charge in [-0.1, -0.05) is 37.6 Å². The Labute approximate surface area is 143 Å². The third kappa shape index (κ3) is 4.96. The molecule has 0 bridgehead atoms. The average Bonchev–Trinajstić information content (AvgIpc) is 2.54. The Kier molecular flexibility index (Phi) is 6.46. The van der Waals surface area contributed by atoms with Crippen LogP contribution in [0.15, 0.2) is 24.3 Å². The van der Waals surface area contributed by atoms with Crippen molar-refractivity contribution < 1.29 is 9.59 Å². The molecule has 1 aromatic rings. The maximum absolute atomic E-state index is 12.5. The minimum Gasteiger partial charge on any atom is -0.356 e. The van der Waals surface area contributed by atoms with Gasteiger partial charge in [-0.3, -0.25) is 9.59 Å². The van der Waals surface area contributed by atoms with Crippen molar-refractivity contribution in [3.05, 3.63) is 34.9 Å². The highest BCUT2D eigenvalue weighted by molar-refractivity contribution is 6.33. The molecule has 0 spiro atoms. The molecule has 1 aliphatic rings. The normalized spacial score (nSPS) is 15.7. The number of piperidine rings is 1. The Morgan fingerprint density at radius 3 is 2.52 bits per heavy atom. The number of carbonyl (C=O) groups excluding carboxylic acids is 2. The zero-order valence-electron chi connectivity index (χ0n) is 13.8. The van der Waals surface area contributed by atoms with Crippen LogP contribution < -0.4 is 5.32 Å². The number of benzene rings is 1. The fraction of sp³-hybridized carbons (Fsp3) is 0.556. The zero-order chi connectivity index (χ0) is 16.8. The van der Waals surface area contributed by atoms with E-state index < -0.39 is 0 Å². The van der Waals surface area contributed by atoms with Crippen LogP contribution in [0.25, 0.3) is 0 Å². The number of nitrogens with zero attached hydrogens (tertiary/aromatic N) is 1. The summed E-state index contributed by atoms with van der Waals surface area (Å²) in [6.07, 6.45) is 2.42. The number of rotatable bonds is 5. The molecule has 0 radical (unpaired) electrons. The molecule has 1 fully saturated rings. The van der Waals surface area contributed by atoms with Gasteiger partial charge in [-0.2, -0.15) is 0 Å². The van der Waals surface area contributed by atoms with E-state index in [1.54, 1.807) is 17.0 Å². The lowest BCUT2D eigenvalue weighted by Gasteiger charge is -2.31. The van der Waals surface area contributed by atoms with Crippen LogP contribution in [0.1, 0.15) is 43.5 Å². The van der Waals surface area contributed by atoms with E-state index in [1.165, 1.54) is 0 Å².